The number of ether oxygens (including phenoxy) is 2. The molecule has 8 aliphatic rings. The molecule has 0 spiro atoms. The predicted molar refractivity (Wildman–Crippen MR) is 233 cm³/mol. The summed E-state index contributed by atoms with van der Waals surface area (Å²) >= 11 is 0. The number of ketones is 4. The van der Waals surface area contributed by atoms with Gasteiger partial charge in [-0.25, -0.2) is 18.4 Å². The fourth-order valence-electron chi connectivity index (χ4n) is 15.7. The molecule has 0 radical (unpaired) electrons. The number of Topliss-reactive ketones (excluding diaryl/α,β-unsaturated/α-hetero) is 2. The normalized spacial score (nSPS) is 46.4. The van der Waals surface area contributed by atoms with Crippen LogP contribution in [0.2, 0.25) is 0 Å². The summed E-state index contributed by atoms with van der Waals surface area (Å²) in [5.74, 6) is -7.71. The Morgan fingerprint density at radius 3 is 1.32 bits per heavy atom. The minimum atomic E-state index is -2.15. The highest BCUT2D eigenvalue weighted by Gasteiger charge is 2.77. The lowest BCUT2D eigenvalue weighted by molar-refractivity contribution is -0.219. The summed E-state index contributed by atoms with van der Waals surface area (Å²) < 4.78 is 45.9. The van der Waals surface area contributed by atoms with Crippen molar-refractivity contribution in [1.82, 2.24) is 0 Å². The number of benzene rings is 1. The molecular formula is C52H60F2O12. The SMILES string of the molecule is C[C@@H]1C[C@H]2[C@@H]3CCC4=CC(=O)C=C[C@]4(C)[C@@]3(F)[C@@H](O)C[C@]2(C)[C@@]1(O)C(=O)COC(=O)c1ccc(C(=O)OCC(=O)[C@@]2(O)[C@H](C)C[C@H]3[C@@H]4CCC5=CC(=O)C=C[C@]5(C)[C@@]4(F)[C@@H](O)C[C@@]32C)cc1. The van der Waals surface area contributed by atoms with Crippen molar-refractivity contribution in [1.29, 1.82) is 0 Å². The number of rotatable bonds is 8. The number of allylic oxidation sites excluding steroid dienone is 8. The third-order valence-electron chi connectivity index (χ3n) is 19.3. The van der Waals surface area contributed by atoms with E-state index in [0.717, 1.165) is 0 Å². The monoisotopic (exact) mass is 914 g/mol. The summed E-state index contributed by atoms with van der Waals surface area (Å²) in [6, 6.07) is 5.06. The highest BCUT2D eigenvalue weighted by molar-refractivity contribution is 6.02. The van der Waals surface area contributed by atoms with Crippen LogP contribution in [0.15, 0.2) is 71.9 Å². The van der Waals surface area contributed by atoms with Crippen molar-refractivity contribution < 1.29 is 67.4 Å². The third kappa shape index (κ3) is 5.79. The third-order valence-corrected chi connectivity index (χ3v) is 19.3. The van der Waals surface area contributed by atoms with Gasteiger partial charge >= 0.3 is 11.9 Å². The van der Waals surface area contributed by atoms with E-state index in [0.29, 0.717) is 49.7 Å². The number of hydrogen-bond donors (Lipinski definition) is 4. The van der Waals surface area contributed by atoms with E-state index in [1.807, 2.05) is 0 Å². The standard InChI is InChI=1S/C52H60F2O12/c1-27-19-37-35-13-11-31-21-33(55)15-17-45(31,3)49(35,53)39(57)23-47(37,5)51(27,63)41(59)25-65-43(61)29-7-9-30(10-8-29)44(62)66-26-42(60)52(64)28(2)20-38-36-14-12-32-22-34(56)16-18-46(32,4)50(36,54)40(58)24-48(38,52)6/h7-10,15-18,21-22,27-28,35-40,57-58,63-64H,11-14,19-20,23-26H2,1-6H3/t27-,28-,35+,36+,37+,38+,39+,40+,45+,46+,47+,48+,49+,50+,51+,52+/m1/s1. The maximum Gasteiger partial charge on any atom is 0.338 e. The lowest BCUT2D eigenvalue weighted by Crippen LogP contribution is -2.69. The Hall–Kier alpha value is -4.50. The molecule has 0 bridgehead atoms. The van der Waals surface area contributed by atoms with Crippen LogP contribution in [0, 0.1) is 57.2 Å². The van der Waals surface area contributed by atoms with E-state index in [1.54, 1.807) is 41.5 Å². The van der Waals surface area contributed by atoms with Crippen LogP contribution in [0.1, 0.15) is 114 Å². The van der Waals surface area contributed by atoms with Crippen LogP contribution in [0.4, 0.5) is 8.78 Å². The van der Waals surface area contributed by atoms with Gasteiger partial charge in [0.15, 0.2) is 36.1 Å². The summed E-state index contributed by atoms with van der Waals surface area (Å²) in [7, 11) is 0. The smallest absolute Gasteiger partial charge is 0.338 e. The van der Waals surface area contributed by atoms with Gasteiger partial charge in [0, 0.05) is 33.5 Å². The maximum absolute atomic E-state index is 17.6. The Bertz CT molecular complexity index is 2290. The number of esters is 2. The number of halogens is 2. The van der Waals surface area contributed by atoms with E-state index in [9.17, 15) is 49.2 Å². The first-order chi connectivity index (χ1) is 30.8. The Kier molecular flexibility index (Phi) is 10.6. The number of fused-ring (bicyclic) bond motifs is 10. The van der Waals surface area contributed by atoms with Crippen LogP contribution < -0.4 is 0 Å². The molecule has 0 aliphatic heterocycles. The van der Waals surface area contributed by atoms with Gasteiger partial charge in [-0.3, -0.25) is 19.2 Å². The number of carbonyl (C=O) groups excluding carboxylic acids is 6. The van der Waals surface area contributed by atoms with Crippen LogP contribution in [-0.4, -0.2) is 103 Å². The summed E-state index contributed by atoms with van der Waals surface area (Å²) in [5, 5.41) is 47.9. The van der Waals surface area contributed by atoms with Crippen molar-refractivity contribution in [2.45, 2.75) is 128 Å². The van der Waals surface area contributed by atoms with Crippen molar-refractivity contribution in [3.8, 4) is 0 Å². The van der Waals surface area contributed by atoms with Gasteiger partial charge in [-0.15, -0.1) is 0 Å². The lowest BCUT2D eigenvalue weighted by atomic mass is 9.44. The highest BCUT2D eigenvalue weighted by Crippen LogP contribution is 2.72. The van der Waals surface area contributed by atoms with E-state index < -0.39 is 129 Å². The lowest BCUT2D eigenvalue weighted by Gasteiger charge is -2.62. The second-order valence-corrected chi connectivity index (χ2v) is 21.9. The van der Waals surface area contributed by atoms with E-state index in [1.165, 1.54) is 60.7 Å². The Morgan fingerprint density at radius 1 is 0.621 bits per heavy atom. The van der Waals surface area contributed by atoms with E-state index in [-0.39, 0.29) is 35.5 Å². The summed E-state index contributed by atoms with van der Waals surface area (Å²) in [5.41, 5.74) is -12.3. The van der Waals surface area contributed by atoms with Crippen molar-refractivity contribution in [2.75, 3.05) is 13.2 Å². The second-order valence-electron chi connectivity index (χ2n) is 21.9. The molecule has 4 N–H and O–H groups in total. The minimum absolute atomic E-state index is 0.0399. The molecule has 1 aromatic rings. The van der Waals surface area contributed by atoms with Crippen LogP contribution in [0.25, 0.3) is 0 Å². The van der Waals surface area contributed by atoms with Gasteiger partial charge < -0.3 is 29.9 Å². The highest BCUT2D eigenvalue weighted by atomic mass is 19.1. The molecule has 8 aliphatic carbocycles. The Morgan fingerprint density at radius 2 is 0.970 bits per heavy atom. The molecule has 0 aromatic heterocycles. The first-order valence-electron chi connectivity index (χ1n) is 23.4. The Balaban J connectivity index is 0.831. The maximum atomic E-state index is 17.6. The molecule has 0 amide bonds. The van der Waals surface area contributed by atoms with Crippen molar-refractivity contribution in [3.63, 3.8) is 0 Å². The number of aliphatic hydroxyl groups excluding tert-OH is 2. The van der Waals surface area contributed by atoms with E-state index >= 15 is 8.78 Å². The number of aliphatic hydroxyl groups is 4. The van der Waals surface area contributed by atoms with E-state index in [2.05, 4.69) is 0 Å². The number of alkyl halides is 2. The summed E-state index contributed by atoms with van der Waals surface area (Å²) in [6.07, 6.45) is 7.08. The molecule has 6 fully saturated rings. The average Bonchev–Trinajstić information content (AvgIpc) is 3.60. The molecule has 66 heavy (non-hydrogen) atoms. The Labute approximate surface area is 382 Å². The molecular weight excluding hydrogens is 855 g/mol. The quantitative estimate of drug-likeness (QED) is 0.228. The van der Waals surface area contributed by atoms with Crippen molar-refractivity contribution in [2.24, 2.45) is 57.2 Å². The molecule has 0 unspecified atom stereocenters. The fourth-order valence-corrected chi connectivity index (χ4v) is 15.7. The van der Waals surface area contributed by atoms with Gasteiger partial charge in [0.25, 0.3) is 0 Å². The van der Waals surface area contributed by atoms with E-state index in [4.69, 9.17) is 9.47 Å². The first-order valence-corrected chi connectivity index (χ1v) is 23.4. The predicted octanol–water partition coefficient (Wildman–Crippen LogP) is 5.83. The van der Waals surface area contributed by atoms with Gasteiger partial charge in [0.2, 0.25) is 11.6 Å². The molecule has 0 heterocycles. The fraction of sp³-hybridized carbons (Fsp3) is 0.615. The largest absolute Gasteiger partial charge is 0.454 e. The summed E-state index contributed by atoms with van der Waals surface area (Å²) in [4.78, 5) is 78.9. The zero-order chi connectivity index (χ0) is 47.9. The number of carbonyl (C=O) groups is 6. The van der Waals surface area contributed by atoms with Crippen LogP contribution in [0.3, 0.4) is 0 Å². The number of hydrogen-bond acceptors (Lipinski definition) is 12. The molecule has 0 saturated heterocycles. The van der Waals surface area contributed by atoms with Crippen molar-refractivity contribution >= 4 is 35.1 Å². The van der Waals surface area contributed by atoms with Gasteiger partial charge in [0.1, 0.15) is 11.2 Å². The van der Waals surface area contributed by atoms with Crippen LogP contribution >= 0.6 is 0 Å². The molecule has 354 valence electrons. The van der Waals surface area contributed by atoms with Gasteiger partial charge in [-0.1, -0.05) is 51.0 Å². The molecule has 6 saturated carbocycles. The van der Waals surface area contributed by atoms with Crippen molar-refractivity contribution in [3.05, 3.63) is 83.0 Å². The topological polar surface area (TPSA) is 202 Å². The minimum Gasteiger partial charge on any atom is -0.454 e. The van der Waals surface area contributed by atoms with Crippen LogP contribution in [-0.2, 0) is 28.7 Å². The van der Waals surface area contributed by atoms with Gasteiger partial charge in [0.05, 0.1) is 23.3 Å². The molecule has 14 heteroatoms. The molecule has 12 nitrogen and oxygen atoms in total. The van der Waals surface area contributed by atoms with Gasteiger partial charge in [-0.2, -0.15) is 0 Å². The molecule has 16 atom stereocenters. The zero-order valence-electron chi connectivity index (χ0n) is 38.3. The molecule has 9 rings (SSSR count). The summed E-state index contributed by atoms with van der Waals surface area (Å²) in [6.45, 7) is 8.52. The molecule has 1 aromatic carbocycles. The average molecular weight is 915 g/mol. The zero-order valence-corrected chi connectivity index (χ0v) is 38.3. The second kappa shape index (κ2) is 15.0. The van der Waals surface area contributed by atoms with Crippen LogP contribution in [0.5, 0.6) is 0 Å². The van der Waals surface area contributed by atoms with Gasteiger partial charge in [-0.05, 0) is 137 Å². The first kappa shape index (κ1) is 46.6.